The highest BCUT2D eigenvalue weighted by Gasteiger charge is 2.27. The first kappa shape index (κ1) is 8.41. The minimum Gasteiger partial charge on any atom is -0.398 e. The fraction of sp³-hybridized carbons (Fsp3) is 0.167. The first-order valence-electron chi connectivity index (χ1n) is 5.11. The van der Waals surface area contributed by atoms with E-state index in [1.807, 2.05) is 18.4 Å². The van der Waals surface area contributed by atoms with Crippen LogP contribution in [0.25, 0.3) is 0 Å². The van der Waals surface area contributed by atoms with Crippen LogP contribution in [0.15, 0.2) is 59.1 Å². The molecule has 0 amide bonds. The summed E-state index contributed by atoms with van der Waals surface area (Å²) in [5.41, 5.74) is 10.4. The normalized spacial score (nSPS) is 27.1. The van der Waals surface area contributed by atoms with Gasteiger partial charge in [-0.3, -0.25) is 0 Å². The summed E-state index contributed by atoms with van der Waals surface area (Å²) in [6, 6.07) is 0.194. The van der Waals surface area contributed by atoms with Crippen LogP contribution >= 0.6 is 0 Å². The summed E-state index contributed by atoms with van der Waals surface area (Å²) in [4.78, 5) is 0. The predicted octanol–water partition coefficient (Wildman–Crippen LogP) is 0.668. The summed E-state index contributed by atoms with van der Waals surface area (Å²) in [6.07, 6.45) is 12.3. The Kier molecular flexibility index (Phi) is 1.71. The molecule has 2 aliphatic heterocycles. The molecule has 1 atom stereocenters. The van der Waals surface area contributed by atoms with E-state index in [9.17, 15) is 0 Å². The quantitative estimate of drug-likeness (QED) is 0.537. The van der Waals surface area contributed by atoms with Crippen LogP contribution in [0.3, 0.4) is 0 Å². The molecule has 0 fully saturated rings. The van der Waals surface area contributed by atoms with Gasteiger partial charge in [-0.25, -0.2) is 0 Å². The number of nitrogens with two attached hydrogens (primary N) is 1. The molecule has 2 heterocycles. The number of allylic oxidation sites excluding steroid dienone is 5. The molecule has 0 radical (unpaired) electrons. The largest absolute Gasteiger partial charge is 0.398 e. The average Bonchev–Trinajstić information content (AvgIpc) is 2.30. The van der Waals surface area contributed by atoms with Gasteiger partial charge < -0.3 is 16.4 Å². The molecule has 0 bridgehead atoms. The second kappa shape index (κ2) is 3.05. The lowest BCUT2D eigenvalue weighted by Crippen LogP contribution is -2.41. The Hall–Kier alpha value is -1.90. The lowest BCUT2D eigenvalue weighted by Gasteiger charge is -2.32. The van der Waals surface area contributed by atoms with Crippen LogP contribution in [0.4, 0.5) is 0 Å². The highest BCUT2D eigenvalue weighted by molar-refractivity contribution is 5.56. The molecule has 76 valence electrons. The van der Waals surface area contributed by atoms with Crippen LogP contribution < -0.4 is 16.4 Å². The van der Waals surface area contributed by atoms with Gasteiger partial charge in [0.25, 0.3) is 0 Å². The van der Waals surface area contributed by atoms with Gasteiger partial charge in [-0.2, -0.15) is 0 Å². The summed E-state index contributed by atoms with van der Waals surface area (Å²) < 4.78 is 0. The Morgan fingerprint density at radius 2 is 2.33 bits per heavy atom. The van der Waals surface area contributed by atoms with Gasteiger partial charge in [0, 0.05) is 23.5 Å². The van der Waals surface area contributed by atoms with Gasteiger partial charge in [0.05, 0.1) is 6.04 Å². The van der Waals surface area contributed by atoms with Crippen molar-refractivity contribution in [1.82, 2.24) is 10.6 Å². The molecule has 0 aromatic heterocycles. The van der Waals surface area contributed by atoms with Gasteiger partial charge in [-0.1, -0.05) is 18.2 Å². The SMILES string of the molecule is NC1=CC2=C(NCC=C2)C2NC=CC=C12. The lowest BCUT2D eigenvalue weighted by atomic mass is 9.88. The number of dihydropyridines is 2. The van der Waals surface area contributed by atoms with Crippen molar-refractivity contribution >= 4 is 0 Å². The van der Waals surface area contributed by atoms with Gasteiger partial charge in [0.2, 0.25) is 0 Å². The van der Waals surface area contributed by atoms with Gasteiger partial charge in [-0.15, -0.1) is 0 Å². The Morgan fingerprint density at radius 1 is 1.40 bits per heavy atom. The van der Waals surface area contributed by atoms with Crippen molar-refractivity contribution in [1.29, 1.82) is 0 Å². The van der Waals surface area contributed by atoms with Gasteiger partial charge in [0.15, 0.2) is 0 Å². The highest BCUT2D eigenvalue weighted by Crippen LogP contribution is 2.28. The molecular formula is C12H13N3. The molecule has 0 saturated heterocycles. The van der Waals surface area contributed by atoms with Crippen LogP contribution in [0.1, 0.15) is 0 Å². The zero-order valence-electron chi connectivity index (χ0n) is 8.33. The van der Waals surface area contributed by atoms with Gasteiger partial charge in [0.1, 0.15) is 0 Å². The first-order valence-corrected chi connectivity index (χ1v) is 5.11. The molecule has 1 aliphatic carbocycles. The van der Waals surface area contributed by atoms with Crippen molar-refractivity contribution in [3.63, 3.8) is 0 Å². The molecule has 3 aliphatic rings. The molecule has 15 heavy (non-hydrogen) atoms. The van der Waals surface area contributed by atoms with E-state index in [2.05, 4.69) is 28.9 Å². The molecule has 3 rings (SSSR count). The summed E-state index contributed by atoms with van der Waals surface area (Å²) in [6.45, 7) is 0.891. The molecule has 3 nitrogen and oxygen atoms in total. The molecule has 3 heteroatoms. The smallest absolute Gasteiger partial charge is 0.0936 e. The second-order valence-corrected chi connectivity index (χ2v) is 3.83. The third-order valence-corrected chi connectivity index (χ3v) is 2.90. The van der Waals surface area contributed by atoms with E-state index in [1.165, 1.54) is 11.3 Å². The van der Waals surface area contributed by atoms with E-state index in [-0.39, 0.29) is 6.04 Å². The van der Waals surface area contributed by atoms with Crippen LogP contribution in [0.5, 0.6) is 0 Å². The van der Waals surface area contributed by atoms with E-state index >= 15 is 0 Å². The van der Waals surface area contributed by atoms with Crippen molar-refractivity contribution in [2.24, 2.45) is 5.73 Å². The number of nitrogens with one attached hydrogen (secondary N) is 2. The van der Waals surface area contributed by atoms with Crippen molar-refractivity contribution in [2.45, 2.75) is 6.04 Å². The van der Waals surface area contributed by atoms with E-state index in [0.29, 0.717) is 0 Å². The summed E-state index contributed by atoms with van der Waals surface area (Å²) in [5, 5.41) is 6.72. The fourth-order valence-corrected chi connectivity index (χ4v) is 2.18. The minimum absolute atomic E-state index is 0.194. The van der Waals surface area contributed by atoms with Crippen molar-refractivity contribution in [2.75, 3.05) is 6.54 Å². The van der Waals surface area contributed by atoms with E-state index < -0.39 is 0 Å². The minimum atomic E-state index is 0.194. The Bertz CT molecular complexity index is 449. The number of hydrogen-bond donors (Lipinski definition) is 3. The average molecular weight is 199 g/mol. The van der Waals surface area contributed by atoms with Gasteiger partial charge in [-0.05, 0) is 23.9 Å². The number of rotatable bonds is 0. The maximum absolute atomic E-state index is 6.02. The molecule has 4 N–H and O–H groups in total. The fourth-order valence-electron chi connectivity index (χ4n) is 2.18. The van der Waals surface area contributed by atoms with Gasteiger partial charge >= 0.3 is 0 Å². The Balaban J connectivity index is 2.12. The highest BCUT2D eigenvalue weighted by atomic mass is 15.0. The van der Waals surface area contributed by atoms with Crippen LogP contribution in [0, 0.1) is 0 Å². The summed E-state index contributed by atoms with van der Waals surface area (Å²) in [5.74, 6) is 0. The van der Waals surface area contributed by atoms with Crippen molar-refractivity contribution in [3.05, 3.63) is 59.1 Å². The summed E-state index contributed by atoms with van der Waals surface area (Å²) in [7, 11) is 0. The van der Waals surface area contributed by atoms with Crippen LogP contribution in [-0.2, 0) is 0 Å². The Labute approximate surface area is 88.7 Å². The van der Waals surface area contributed by atoms with E-state index in [0.717, 1.165) is 17.8 Å². The second-order valence-electron chi connectivity index (χ2n) is 3.83. The standard InChI is InChI=1S/C12H13N3/c13-10-7-8-3-1-5-14-11(8)12-9(10)4-2-6-15-12/h1-4,6-7,12,14-15H,5,13H2. The van der Waals surface area contributed by atoms with Crippen molar-refractivity contribution in [3.8, 4) is 0 Å². The summed E-state index contributed by atoms with van der Waals surface area (Å²) >= 11 is 0. The lowest BCUT2D eigenvalue weighted by molar-refractivity contribution is 0.664. The van der Waals surface area contributed by atoms with Crippen molar-refractivity contribution < 1.29 is 0 Å². The number of fused-ring (bicyclic) bond motifs is 2. The molecule has 0 saturated carbocycles. The molecule has 0 aromatic carbocycles. The third-order valence-electron chi connectivity index (χ3n) is 2.90. The molecule has 0 spiro atoms. The predicted molar refractivity (Wildman–Crippen MR) is 60.6 cm³/mol. The van der Waals surface area contributed by atoms with Crippen LogP contribution in [0.2, 0.25) is 0 Å². The zero-order chi connectivity index (χ0) is 10.3. The van der Waals surface area contributed by atoms with E-state index in [1.54, 1.807) is 0 Å². The first-order chi connectivity index (χ1) is 7.36. The maximum atomic E-state index is 6.02. The van der Waals surface area contributed by atoms with Crippen LogP contribution in [-0.4, -0.2) is 12.6 Å². The number of hydrogen-bond acceptors (Lipinski definition) is 3. The molecular weight excluding hydrogens is 186 g/mol. The maximum Gasteiger partial charge on any atom is 0.0936 e. The Morgan fingerprint density at radius 3 is 3.27 bits per heavy atom. The van der Waals surface area contributed by atoms with E-state index in [4.69, 9.17) is 5.73 Å². The third kappa shape index (κ3) is 1.20. The topological polar surface area (TPSA) is 50.1 Å². The molecule has 0 aromatic rings. The zero-order valence-corrected chi connectivity index (χ0v) is 8.33. The molecule has 1 unspecified atom stereocenters. The monoisotopic (exact) mass is 199 g/mol.